The highest BCUT2D eigenvalue weighted by Gasteiger charge is 2.03. The number of ether oxygens (including phenoxy) is 1. The lowest BCUT2D eigenvalue weighted by molar-refractivity contribution is 0.185. The molecule has 1 aromatic carbocycles. The van der Waals surface area contributed by atoms with E-state index in [1.807, 2.05) is 0 Å². The first kappa shape index (κ1) is 11.9. The van der Waals surface area contributed by atoms with Crippen LogP contribution in [-0.2, 0) is 17.9 Å². The summed E-state index contributed by atoms with van der Waals surface area (Å²) in [6.07, 6.45) is 1.12. The first-order chi connectivity index (χ1) is 8.38. The quantitative estimate of drug-likeness (QED) is 0.823. The number of rotatable bonds is 4. The Morgan fingerprint density at radius 2 is 2.29 bits per heavy atom. The summed E-state index contributed by atoms with van der Waals surface area (Å²) in [5, 5.41) is 6.55. The van der Waals surface area contributed by atoms with Crippen LogP contribution in [0, 0.1) is 0 Å². The number of aliphatic imine (C=N–C) groups is 1. The second kappa shape index (κ2) is 6.25. The van der Waals surface area contributed by atoms with Crippen LogP contribution >= 0.6 is 0 Å². The van der Waals surface area contributed by atoms with Crippen molar-refractivity contribution in [2.24, 2.45) is 4.99 Å². The molecule has 2 N–H and O–H groups in total. The average Bonchev–Trinajstić information content (AvgIpc) is 2.39. The Bertz CT molecular complexity index is 390. The molecule has 0 atom stereocenters. The van der Waals surface area contributed by atoms with Crippen molar-refractivity contribution in [3.8, 4) is 0 Å². The van der Waals surface area contributed by atoms with Crippen molar-refractivity contribution in [2.45, 2.75) is 19.6 Å². The summed E-state index contributed by atoms with van der Waals surface area (Å²) in [6.45, 7) is 3.38. The van der Waals surface area contributed by atoms with Crippen molar-refractivity contribution in [1.82, 2.24) is 10.6 Å². The number of nitrogens with one attached hydrogen (secondary N) is 2. The maximum atomic E-state index is 5.12. The first-order valence-corrected chi connectivity index (χ1v) is 5.97. The van der Waals surface area contributed by atoms with E-state index in [0.29, 0.717) is 6.61 Å². The summed E-state index contributed by atoms with van der Waals surface area (Å²) in [5.74, 6) is 0.911. The topological polar surface area (TPSA) is 45.6 Å². The Kier molecular flexibility index (Phi) is 4.38. The molecular formula is C13H19N3O. The molecule has 17 heavy (non-hydrogen) atoms. The van der Waals surface area contributed by atoms with Crippen molar-refractivity contribution in [3.05, 3.63) is 35.4 Å². The van der Waals surface area contributed by atoms with Gasteiger partial charge in [-0.25, -0.2) is 0 Å². The Labute approximate surface area is 102 Å². The number of hydrogen-bond acceptors (Lipinski definition) is 4. The number of hydrogen-bond donors (Lipinski definition) is 2. The molecule has 2 rings (SSSR count). The zero-order valence-electron chi connectivity index (χ0n) is 10.2. The van der Waals surface area contributed by atoms with Crippen molar-refractivity contribution in [2.75, 3.05) is 20.2 Å². The van der Waals surface area contributed by atoms with Gasteiger partial charge in [-0.15, -0.1) is 0 Å². The fraction of sp³-hybridized carbons (Fsp3) is 0.462. The largest absolute Gasteiger partial charge is 0.380 e. The van der Waals surface area contributed by atoms with E-state index in [1.165, 1.54) is 11.1 Å². The molecule has 1 heterocycles. The maximum Gasteiger partial charge on any atom is 0.191 e. The van der Waals surface area contributed by atoms with Crippen LogP contribution < -0.4 is 10.6 Å². The molecule has 4 heteroatoms. The van der Waals surface area contributed by atoms with Gasteiger partial charge in [-0.1, -0.05) is 24.3 Å². The third-order valence-electron chi connectivity index (χ3n) is 2.66. The summed E-state index contributed by atoms with van der Waals surface area (Å²) >= 11 is 0. The zero-order chi connectivity index (χ0) is 11.9. The fourth-order valence-electron chi connectivity index (χ4n) is 1.83. The van der Waals surface area contributed by atoms with Gasteiger partial charge < -0.3 is 15.4 Å². The van der Waals surface area contributed by atoms with Gasteiger partial charge in [0.1, 0.15) is 0 Å². The smallest absolute Gasteiger partial charge is 0.191 e. The van der Waals surface area contributed by atoms with E-state index >= 15 is 0 Å². The summed E-state index contributed by atoms with van der Waals surface area (Å²) in [5.41, 5.74) is 2.44. The molecule has 0 spiro atoms. The minimum Gasteiger partial charge on any atom is -0.380 e. The molecule has 0 saturated heterocycles. The van der Waals surface area contributed by atoms with Gasteiger partial charge in [-0.05, 0) is 17.5 Å². The van der Waals surface area contributed by atoms with Gasteiger partial charge in [-0.2, -0.15) is 0 Å². The van der Waals surface area contributed by atoms with E-state index in [-0.39, 0.29) is 0 Å². The lowest BCUT2D eigenvalue weighted by Gasteiger charge is -2.16. The predicted octanol–water partition coefficient (Wildman–Crippen LogP) is 1.27. The Hall–Kier alpha value is -1.55. The van der Waals surface area contributed by atoms with E-state index in [0.717, 1.165) is 32.0 Å². The number of benzene rings is 1. The summed E-state index contributed by atoms with van der Waals surface area (Å²) in [7, 11) is 1.71. The number of guanidine groups is 1. The van der Waals surface area contributed by atoms with Crippen LogP contribution in [0.15, 0.2) is 29.3 Å². The minimum atomic E-state index is 0.660. The van der Waals surface area contributed by atoms with E-state index < -0.39 is 0 Å². The standard InChI is InChI=1S/C13H19N3O/c1-17-10-12-5-2-4-11(8-12)9-16-13-14-6-3-7-15-13/h2,4-5,8H,3,6-7,9-10H2,1H3,(H2,14,15,16). The molecule has 0 saturated carbocycles. The molecule has 0 aliphatic carbocycles. The van der Waals surface area contributed by atoms with Crippen LogP contribution in [0.25, 0.3) is 0 Å². The van der Waals surface area contributed by atoms with Crippen LogP contribution in [0.1, 0.15) is 17.5 Å². The Morgan fingerprint density at radius 1 is 1.41 bits per heavy atom. The van der Waals surface area contributed by atoms with Gasteiger partial charge >= 0.3 is 0 Å². The monoisotopic (exact) mass is 233 g/mol. The fourth-order valence-corrected chi connectivity index (χ4v) is 1.83. The van der Waals surface area contributed by atoms with Crippen LogP contribution in [0.5, 0.6) is 0 Å². The van der Waals surface area contributed by atoms with Gasteiger partial charge in [-0.3, -0.25) is 4.99 Å². The van der Waals surface area contributed by atoms with Gasteiger partial charge in [0.15, 0.2) is 5.96 Å². The summed E-state index contributed by atoms with van der Waals surface area (Å²) in [4.78, 5) is 4.37. The molecule has 0 fully saturated rings. The van der Waals surface area contributed by atoms with E-state index in [2.05, 4.69) is 39.9 Å². The van der Waals surface area contributed by atoms with Gasteiger partial charge in [0.05, 0.1) is 6.61 Å². The maximum absolute atomic E-state index is 5.12. The normalized spacial score (nSPS) is 15.0. The highest BCUT2D eigenvalue weighted by molar-refractivity contribution is 5.80. The number of nitrogens with zero attached hydrogens (tertiary/aromatic N) is 1. The molecule has 0 radical (unpaired) electrons. The predicted molar refractivity (Wildman–Crippen MR) is 68.9 cm³/mol. The van der Waals surface area contributed by atoms with Crippen LogP contribution in [0.4, 0.5) is 0 Å². The highest BCUT2D eigenvalue weighted by atomic mass is 16.5. The highest BCUT2D eigenvalue weighted by Crippen LogP contribution is 2.06. The molecule has 0 aromatic heterocycles. The van der Waals surface area contributed by atoms with E-state index in [1.54, 1.807) is 7.11 Å². The van der Waals surface area contributed by atoms with Crippen molar-refractivity contribution in [3.63, 3.8) is 0 Å². The van der Waals surface area contributed by atoms with Gasteiger partial charge in [0, 0.05) is 26.7 Å². The molecule has 92 valence electrons. The Balaban J connectivity index is 1.89. The molecular weight excluding hydrogens is 214 g/mol. The average molecular weight is 233 g/mol. The van der Waals surface area contributed by atoms with Gasteiger partial charge in [0.2, 0.25) is 0 Å². The second-order valence-electron chi connectivity index (χ2n) is 4.12. The van der Waals surface area contributed by atoms with Crippen molar-refractivity contribution in [1.29, 1.82) is 0 Å². The molecule has 4 nitrogen and oxygen atoms in total. The van der Waals surface area contributed by atoms with Crippen LogP contribution in [0.2, 0.25) is 0 Å². The Morgan fingerprint density at radius 3 is 3.06 bits per heavy atom. The molecule has 0 bridgehead atoms. The summed E-state index contributed by atoms with van der Waals surface area (Å²) in [6, 6.07) is 8.39. The molecule has 1 aliphatic rings. The van der Waals surface area contributed by atoms with E-state index in [9.17, 15) is 0 Å². The lowest BCUT2D eigenvalue weighted by Crippen LogP contribution is -2.40. The summed E-state index contributed by atoms with van der Waals surface area (Å²) < 4.78 is 5.12. The third kappa shape index (κ3) is 3.75. The zero-order valence-corrected chi connectivity index (χ0v) is 10.2. The second-order valence-corrected chi connectivity index (χ2v) is 4.12. The third-order valence-corrected chi connectivity index (χ3v) is 2.66. The van der Waals surface area contributed by atoms with Crippen molar-refractivity contribution < 1.29 is 4.74 Å². The van der Waals surface area contributed by atoms with Crippen molar-refractivity contribution >= 4 is 5.96 Å². The minimum absolute atomic E-state index is 0.660. The first-order valence-electron chi connectivity index (χ1n) is 5.97. The molecule has 1 aliphatic heterocycles. The van der Waals surface area contributed by atoms with Gasteiger partial charge in [0.25, 0.3) is 0 Å². The van der Waals surface area contributed by atoms with E-state index in [4.69, 9.17) is 4.74 Å². The SMILES string of the molecule is COCc1cccc(CNC2=NCCCN2)c1. The molecule has 0 unspecified atom stereocenters. The molecule has 0 amide bonds. The van der Waals surface area contributed by atoms with Crippen LogP contribution in [0.3, 0.4) is 0 Å². The number of methoxy groups -OCH3 is 1. The lowest BCUT2D eigenvalue weighted by atomic mass is 10.1. The van der Waals surface area contributed by atoms with Crippen LogP contribution in [-0.4, -0.2) is 26.2 Å². The molecule has 1 aromatic rings.